The SMILES string of the molecule is Cc1cc(S(N)(=O)=O)ccc1CNC(=O)c1c(F)ccc(OC(F)F)c1F. The third-order valence-electron chi connectivity index (χ3n) is 3.58. The highest BCUT2D eigenvalue weighted by molar-refractivity contribution is 7.89. The van der Waals surface area contributed by atoms with Gasteiger partial charge in [-0.1, -0.05) is 6.07 Å². The van der Waals surface area contributed by atoms with Gasteiger partial charge < -0.3 is 10.1 Å². The van der Waals surface area contributed by atoms with E-state index >= 15 is 0 Å². The van der Waals surface area contributed by atoms with Crippen molar-refractivity contribution < 1.29 is 35.5 Å². The molecule has 6 nitrogen and oxygen atoms in total. The van der Waals surface area contributed by atoms with Gasteiger partial charge in [-0.2, -0.15) is 8.78 Å². The summed E-state index contributed by atoms with van der Waals surface area (Å²) in [4.78, 5) is 11.9. The van der Waals surface area contributed by atoms with E-state index in [0.29, 0.717) is 23.3 Å². The molecule has 0 aliphatic heterocycles. The molecule has 27 heavy (non-hydrogen) atoms. The number of amides is 1. The topological polar surface area (TPSA) is 98.5 Å². The van der Waals surface area contributed by atoms with E-state index in [0.717, 1.165) is 0 Å². The zero-order valence-electron chi connectivity index (χ0n) is 13.8. The van der Waals surface area contributed by atoms with Crippen molar-refractivity contribution in [3.05, 3.63) is 58.7 Å². The molecule has 0 radical (unpaired) electrons. The molecular formula is C16H14F4N2O4S. The molecule has 146 valence electrons. The summed E-state index contributed by atoms with van der Waals surface area (Å²) in [5.41, 5.74) is -0.166. The van der Waals surface area contributed by atoms with Crippen LogP contribution in [-0.4, -0.2) is 20.9 Å². The van der Waals surface area contributed by atoms with Crippen LogP contribution in [0.15, 0.2) is 35.2 Å². The van der Waals surface area contributed by atoms with Crippen molar-refractivity contribution in [2.45, 2.75) is 25.0 Å². The number of benzene rings is 2. The molecule has 0 aliphatic rings. The van der Waals surface area contributed by atoms with Crippen LogP contribution < -0.4 is 15.2 Å². The standard InChI is InChI=1S/C16H14F4N2O4S/c1-8-6-10(27(21,24)25)3-2-9(8)7-22-15(23)13-11(17)4-5-12(14(13)18)26-16(19)20/h2-6,16H,7H2,1H3,(H,22,23)(H2,21,24,25). The van der Waals surface area contributed by atoms with E-state index in [1.54, 1.807) is 6.92 Å². The fourth-order valence-corrected chi connectivity index (χ4v) is 2.83. The maximum Gasteiger partial charge on any atom is 0.387 e. The molecule has 3 N–H and O–H groups in total. The Morgan fingerprint density at radius 2 is 1.89 bits per heavy atom. The van der Waals surface area contributed by atoms with Crippen molar-refractivity contribution in [1.29, 1.82) is 0 Å². The first-order valence-corrected chi connectivity index (χ1v) is 8.88. The van der Waals surface area contributed by atoms with Crippen LogP contribution in [0.25, 0.3) is 0 Å². The number of sulfonamides is 1. The monoisotopic (exact) mass is 406 g/mol. The maximum atomic E-state index is 14.1. The first-order valence-electron chi connectivity index (χ1n) is 7.34. The van der Waals surface area contributed by atoms with Crippen molar-refractivity contribution in [2.24, 2.45) is 5.14 Å². The molecule has 2 aromatic rings. The van der Waals surface area contributed by atoms with Gasteiger partial charge in [0.2, 0.25) is 10.0 Å². The van der Waals surface area contributed by atoms with Crippen molar-refractivity contribution in [3.8, 4) is 5.75 Å². The highest BCUT2D eigenvalue weighted by atomic mass is 32.2. The second kappa shape index (κ2) is 7.92. The molecule has 2 aromatic carbocycles. The van der Waals surface area contributed by atoms with Crippen LogP contribution in [0, 0.1) is 18.6 Å². The van der Waals surface area contributed by atoms with Gasteiger partial charge in [0.25, 0.3) is 5.91 Å². The third-order valence-corrected chi connectivity index (χ3v) is 4.49. The number of rotatable bonds is 6. The molecule has 0 aliphatic carbocycles. The van der Waals surface area contributed by atoms with Crippen LogP contribution in [0.2, 0.25) is 0 Å². The number of carbonyl (C=O) groups excluding carboxylic acids is 1. The van der Waals surface area contributed by atoms with E-state index in [-0.39, 0.29) is 11.4 Å². The highest BCUT2D eigenvalue weighted by Crippen LogP contribution is 2.25. The molecular weight excluding hydrogens is 392 g/mol. The van der Waals surface area contributed by atoms with Gasteiger partial charge in [0.1, 0.15) is 11.4 Å². The Bertz CT molecular complexity index is 981. The maximum absolute atomic E-state index is 14.1. The van der Waals surface area contributed by atoms with Gasteiger partial charge in [-0.25, -0.2) is 22.3 Å². The number of hydrogen-bond acceptors (Lipinski definition) is 4. The molecule has 0 saturated carbocycles. The third kappa shape index (κ3) is 4.95. The van der Waals surface area contributed by atoms with E-state index in [1.807, 2.05) is 0 Å². The summed E-state index contributed by atoms with van der Waals surface area (Å²) in [6.07, 6.45) is 0. The smallest absolute Gasteiger partial charge is 0.387 e. The summed E-state index contributed by atoms with van der Waals surface area (Å²) in [5.74, 6) is -4.98. The predicted octanol–water partition coefficient (Wildman–Crippen LogP) is 2.45. The number of aryl methyl sites for hydroxylation is 1. The van der Waals surface area contributed by atoms with E-state index < -0.39 is 45.5 Å². The number of alkyl halides is 2. The minimum absolute atomic E-state index is 0.135. The molecule has 0 fully saturated rings. The molecule has 0 bridgehead atoms. The van der Waals surface area contributed by atoms with Crippen LogP contribution in [-0.2, 0) is 16.6 Å². The van der Waals surface area contributed by atoms with Crippen LogP contribution in [0.5, 0.6) is 5.75 Å². The quantitative estimate of drug-likeness (QED) is 0.720. The van der Waals surface area contributed by atoms with Gasteiger partial charge in [0.15, 0.2) is 11.6 Å². The van der Waals surface area contributed by atoms with Crippen LogP contribution >= 0.6 is 0 Å². The summed E-state index contributed by atoms with van der Waals surface area (Å²) < 4.78 is 78.8. The van der Waals surface area contributed by atoms with Crippen LogP contribution in [0.4, 0.5) is 17.6 Å². The van der Waals surface area contributed by atoms with Crippen LogP contribution in [0.3, 0.4) is 0 Å². The van der Waals surface area contributed by atoms with Gasteiger partial charge in [-0.3, -0.25) is 4.79 Å². The fourth-order valence-electron chi connectivity index (χ4n) is 2.24. The van der Waals surface area contributed by atoms with Crippen LogP contribution in [0.1, 0.15) is 21.5 Å². The summed E-state index contributed by atoms with van der Waals surface area (Å²) >= 11 is 0. The Morgan fingerprint density at radius 1 is 1.22 bits per heavy atom. The second-order valence-electron chi connectivity index (χ2n) is 5.43. The molecule has 1 amide bonds. The molecule has 11 heteroatoms. The Morgan fingerprint density at radius 3 is 2.44 bits per heavy atom. The van der Waals surface area contributed by atoms with E-state index in [1.165, 1.54) is 18.2 Å². The van der Waals surface area contributed by atoms with Crippen molar-refractivity contribution in [1.82, 2.24) is 5.32 Å². The van der Waals surface area contributed by atoms with E-state index in [2.05, 4.69) is 10.1 Å². The molecule has 2 rings (SSSR count). The molecule has 0 spiro atoms. The first-order chi connectivity index (χ1) is 12.5. The van der Waals surface area contributed by atoms with Gasteiger partial charge in [-0.05, 0) is 42.3 Å². The lowest BCUT2D eigenvalue weighted by Crippen LogP contribution is -2.26. The molecule has 0 atom stereocenters. The average Bonchev–Trinajstić information content (AvgIpc) is 2.55. The summed E-state index contributed by atoms with van der Waals surface area (Å²) in [5, 5.41) is 7.24. The lowest BCUT2D eigenvalue weighted by Gasteiger charge is -2.12. The summed E-state index contributed by atoms with van der Waals surface area (Å²) in [6, 6.07) is 5.13. The van der Waals surface area contributed by atoms with Gasteiger partial charge in [-0.15, -0.1) is 0 Å². The Kier molecular flexibility index (Phi) is 6.06. The Balaban J connectivity index is 2.21. The first kappa shape index (κ1) is 20.6. The number of hydrogen-bond donors (Lipinski definition) is 2. The predicted molar refractivity (Wildman–Crippen MR) is 86.7 cm³/mol. The number of ether oxygens (including phenoxy) is 1. The van der Waals surface area contributed by atoms with Crippen molar-refractivity contribution in [2.75, 3.05) is 0 Å². The minimum Gasteiger partial charge on any atom is -0.432 e. The molecule has 0 aromatic heterocycles. The summed E-state index contributed by atoms with van der Waals surface area (Å²) in [6.45, 7) is -2.00. The van der Waals surface area contributed by atoms with E-state index in [9.17, 15) is 30.8 Å². The highest BCUT2D eigenvalue weighted by Gasteiger charge is 2.23. The molecule has 0 saturated heterocycles. The second-order valence-corrected chi connectivity index (χ2v) is 6.99. The van der Waals surface area contributed by atoms with E-state index in [4.69, 9.17) is 5.14 Å². The largest absolute Gasteiger partial charge is 0.432 e. The summed E-state index contributed by atoms with van der Waals surface area (Å²) in [7, 11) is -3.90. The zero-order chi connectivity index (χ0) is 20.4. The minimum atomic E-state index is -3.90. The van der Waals surface area contributed by atoms with Gasteiger partial charge in [0, 0.05) is 6.54 Å². The lowest BCUT2D eigenvalue weighted by molar-refractivity contribution is -0.0523. The number of primary sulfonamides is 1. The Hall–Kier alpha value is -2.66. The van der Waals surface area contributed by atoms with Crippen molar-refractivity contribution in [3.63, 3.8) is 0 Å². The van der Waals surface area contributed by atoms with Gasteiger partial charge >= 0.3 is 6.61 Å². The number of nitrogens with one attached hydrogen (secondary N) is 1. The Labute approximate surface area is 152 Å². The molecule has 0 unspecified atom stereocenters. The average molecular weight is 406 g/mol. The zero-order valence-corrected chi connectivity index (χ0v) is 14.6. The fraction of sp³-hybridized carbons (Fsp3) is 0.188. The normalized spacial score (nSPS) is 11.5. The lowest BCUT2D eigenvalue weighted by atomic mass is 10.1. The molecule has 0 heterocycles. The van der Waals surface area contributed by atoms with Crippen molar-refractivity contribution >= 4 is 15.9 Å². The number of nitrogens with two attached hydrogens (primary N) is 1. The number of carbonyl (C=O) groups is 1. The number of halogens is 4. The van der Waals surface area contributed by atoms with Gasteiger partial charge in [0.05, 0.1) is 4.90 Å².